The van der Waals surface area contributed by atoms with Crippen LogP contribution in [0.25, 0.3) is 0 Å². The fourth-order valence-electron chi connectivity index (χ4n) is 4.14. The molecule has 4 rings (SSSR count). The van der Waals surface area contributed by atoms with Crippen LogP contribution in [0.3, 0.4) is 0 Å². The number of carbonyl (C=O) groups excluding carboxylic acids is 1. The Morgan fingerprint density at radius 3 is 2.59 bits per heavy atom. The van der Waals surface area contributed by atoms with Crippen LogP contribution in [-0.2, 0) is 21.4 Å². The molecular formula is C24H32N6O3S. The van der Waals surface area contributed by atoms with Crippen molar-refractivity contribution in [2.24, 2.45) is 4.99 Å². The zero-order chi connectivity index (χ0) is 23.8. The summed E-state index contributed by atoms with van der Waals surface area (Å²) in [5, 5.41) is 2.84. The van der Waals surface area contributed by atoms with E-state index in [0.29, 0.717) is 24.5 Å². The fraction of sp³-hybridized carbons (Fsp3) is 0.458. The number of nitrogens with zero attached hydrogens (tertiary/aromatic N) is 4. The zero-order valence-electron chi connectivity index (χ0n) is 19.3. The van der Waals surface area contributed by atoms with Gasteiger partial charge in [-0.2, -0.15) is 0 Å². The van der Waals surface area contributed by atoms with Crippen LogP contribution in [0.15, 0.2) is 58.5 Å². The van der Waals surface area contributed by atoms with Gasteiger partial charge in [0.15, 0.2) is 0 Å². The predicted octanol–water partition coefficient (Wildman–Crippen LogP) is 2.09. The number of rotatable bonds is 7. The first kappa shape index (κ1) is 24.3. The number of hydrogen-bond acceptors (Lipinski definition) is 7. The molecule has 2 N–H and O–H groups in total. The molecule has 0 saturated carbocycles. The van der Waals surface area contributed by atoms with E-state index >= 15 is 0 Å². The van der Waals surface area contributed by atoms with Gasteiger partial charge in [-0.25, -0.2) is 8.42 Å². The van der Waals surface area contributed by atoms with Crippen LogP contribution >= 0.6 is 0 Å². The Balaban J connectivity index is 1.27. The second kappa shape index (κ2) is 11.5. The van der Waals surface area contributed by atoms with Crippen molar-refractivity contribution in [3.8, 4) is 0 Å². The van der Waals surface area contributed by atoms with E-state index < -0.39 is 10.0 Å². The molecule has 0 radical (unpaired) electrons. The van der Waals surface area contributed by atoms with Crippen LogP contribution in [0.2, 0.25) is 0 Å². The molecule has 9 nitrogen and oxygen atoms in total. The molecule has 3 heterocycles. The molecule has 1 fully saturated rings. The minimum Gasteiger partial charge on any atom is -0.325 e. The number of pyridine rings is 1. The zero-order valence-corrected chi connectivity index (χ0v) is 20.1. The van der Waals surface area contributed by atoms with Crippen LogP contribution < -0.4 is 10.0 Å². The van der Waals surface area contributed by atoms with Crippen molar-refractivity contribution in [2.45, 2.75) is 37.1 Å². The summed E-state index contributed by atoms with van der Waals surface area (Å²) in [7, 11) is -3.75. The van der Waals surface area contributed by atoms with Gasteiger partial charge in [0.05, 0.1) is 17.1 Å². The molecule has 0 unspecified atom stereocenters. The average molecular weight is 485 g/mol. The largest absolute Gasteiger partial charge is 0.325 e. The maximum atomic E-state index is 12.8. The number of anilines is 1. The van der Waals surface area contributed by atoms with Gasteiger partial charge < -0.3 is 5.32 Å². The molecule has 2 aliphatic heterocycles. The quantitative estimate of drug-likeness (QED) is 0.623. The van der Waals surface area contributed by atoms with E-state index in [9.17, 15) is 13.2 Å². The standard InChI is InChI=1S/C24H32N6O3S/c31-24(19-30-15-13-29(14-16-30)18-21-7-3-5-11-25-21)27-20-8-6-9-22(17-20)34(32,33)28-23-10-2-1-4-12-26-23/h3,5-9,11,17H,1-2,4,10,12-16,18-19H2,(H,26,28)(H,27,31). The summed E-state index contributed by atoms with van der Waals surface area (Å²) in [6.45, 7) is 5.04. The topological polar surface area (TPSA) is 107 Å². The molecule has 0 spiro atoms. The highest BCUT2D eigenvalue weighted by Crippen LogP contribution is 2.17. The van der Waals surface area contributed by atoms with E-state index in [1.165, 1.54) is 12.1 Å². The monoisotopic (exact) mass is 484 g/mol. The number of piperazine rings is 1. The second-order valence-electron chi connectivity index (χ2n) is 8.69. The highest BCUT2D eigenvalue weighted by Gasteiger charge is 2.21. The summed E-state index contributed by atoms with van der Waals surface area (Å²) >= 11 is 0. The lowest BCUT2D eigenvalue weighted by atomic mass is 10.2. The van der Waals surface area contributed by atoms with Gasteiger partial charge in [-0.05, 0) is 43.2 Å². The normalized spacial score (nSPS) is 18.1. The number of amidine groups is 1. The van der Waals surface area contributed by atoms with Crippen molar-refractivity contribution in [1.29, 1.82) is 0 Å². The summed E-state index contributed by atoms with van der Waals surface area (Å²) < 4.78 is 28.2. The van der Waals surface area contributed by atoms with Crippen LogP contribution in [-0.4, -0.2) is 74.2 Å². The maximum absolute atomic E-state index is 12.8. The summed E-state index contributed by atoms with van der Waals surface area (Å²) in [4.78, 5) is 25.9. The Morgan fingerprint density at radius 1 is 0.971 bits per heavy atom. The Kier molecular flexibility index (Phi) is 8.25. The van der Waals surface area contributed by atoms with Crippen molar-refractivity contribution in [2.75, 3.05) is 44.6 Å². The van der Waals surface area contributed by atoms with Crippen LogP contribution in [0.1, 0.15) is 31.4 Å². The third kappa shape index (κ3) is 7.09. The third-order valence-electron chi connectivity index (χ3n) is 6.00. The van der Waals surface area contributed by atoms with E-state index in [-0.39, 0.29) is 17.3 Å². The molecule has 10 heteroatoms. The van der Waals surface area contributed by atoms with Gasteiger partial charge in [0.25, 0.3) is 10.0 Å². The molecule has 2 aliphatic rings. The van der Waals surface area contributed by atoms with E-state index in [1.807, 2.05) is 18.2 Å². The molecule has 0 aliphatic carbocycles. The minimum absolute atomic E-state index is 0.111. The van der Waals surface area contributed by atoms with E-state index in [2.05, 4.69) is 29.8 Å². The Hall–Kier alpha value is -2.82. The van der Waals surface area contributed by atoms with Gasteiger partial charge in [0, 0.05) is 57.6 Å². The van der Waals surface area contributed by atoms with Crippen molar-refractivity contribution in [1.82, 2.24) is 19.5 Å². The molecule has 34 heavy (non-hydrogen) atoms. The lowest BCUT2D eigenvalue weighted by Gasteiger charge is -2.34. The molecule has 1 aromatic heterocycles. The van der Waals surface area contributed by atoms with E-state index in [1.54, 1.807) is 18.3 Å². The van der Waals surface area contributed by atoms with E-state index in [4.69, 9.17) is 0 Å². The van der Waals surface area contributed by atoms with Gasteiger partial charge >= 0.3 is 0 Å². The van der Waals surface area contributed by atoms with Crippen LogP contribution in [0.5, 0.6) is 0 Å². The maximum Gasteiger partial charge on any atom is 0.262 e. The van der Waals surface area contributed by atoms with Gasteiger partial charge in [-0.1, -0.05) is 18.6 Å². The van der Waals surface area contributed by atoms with Gasteiger partial charge in [0.2, 0.25) is 5.91 Å². The first-order valence-electron chi connectivity index (χ1n) is 11.8. The molecule has 2 aromatic rings. The number of benzene rings is 1. The van der Waals surface area contributed by atoms with Gasteiger partial charge in [-0.15, -0.1) is 0 Å². The predicted molar refractivity (Wildman–Crippen MR) is 132 cm³/mol. The average Bonchev–Trinajstić information content (AvgIpc) is 3.09. The number of hydrogen-bond donors (Lipinski definition) is 2. The SMILES string of the molecule is O=C(CN1CCN(Cc2ccccn2)CC1)Nc1cccc(S(=O)(=O)NC2=NCCCCC2)c1. The van der Waals surface area contributed by atoms with Gasteiger partial charge in [0.1, 0.15) is 5.84 Å². The molecule has 0 atom stereocenters. The molecule has 182 valence electrons. The van der Waals surface area contributed by atoms with Crippen molar-refractivity contribution in [3.05, 3.63) is 54.4 Å². The van der Waals surface area contributed by atoms with Crippen molar-refractivity contribution in [3.63, 3.8) is 0 Å². The van der Waals surface area contributed by atoms with Crippen LogP contribution in [0.4, 0.5) is 5.69 Å². The number of sulfonamides is 1. The Morgan fingerprint density at radius 2 is 1.79 bits per heavy atom. The molecule has 1 aromatic carbocycles. The first-order valence-corrected chi connectivity index (χ1v) is 13.3. The van der Waals surface area contributed by atoms with Gasteiger partial charge in [-0.3, -0.25) is 29.3 Å². The summed E-state index contributed by atoms with van der Waals surface area (Å²) in [6.07, 6.45) is 5.39. The van der Waals surface area contributed by atoms with E-state index in [0.717, 1.165) is 57.7 Å². The fourth-order valence-corrected chi connectivity index (χ4v) is 5.28. The number of carbonyl (C=O) groups is 1. The molecule has 1 saturated heterocycles. The smallest absolute Gasteiger partial charge is 0.262 e. The minimum atomic E-state index is -3.75. The molecular weight excluding hydrogens is 452 g/mol. The Bertz CT molecular complexity index is 1100. The lowest BCUT2D eigenvalue weighted by molar-refractivity contribution is -0.117. The highest BCUT2D eigenvalue weighted by molar-refractivity contribution is 7.90. The van der Waals surface area contributed by atoms with Crippen molar-refractivity contribution < 1.29 is 13.2 Å². The number of aromatic nitrogens is 1. The number of aliphatic imine (C=N–C) groups is 1. The lowest BCUT2D eigenvalue weighted by Crippen LogP contribution is -2.48. The number of nitrogens with one attached hydrogen (secondary N) is 2. The first-order chi connectivity index (χ1) is 16.5. The van der Waals surface area contributed by atoms with Crippen molar-refractivity contribution >= 4 is 27.5 Å². The summed E-state index contributed by atoms with van der Waals surface area (Å²) in [5.74, 6) is 0.350. The third-order valence-corrected chi connectivity index (χ3v) is 7.38. The highest BCUT2D eigenvalue weighted by atomic mass is 32.2. The molecule has 1 amide bonds. The summed E-state index contributed by atoms with van der Waals surface area (Å²) in [5.41, 5.74) is 1.51. The van der Waals surface area contributed by atoms with Crippen LogP contribution in [0, 0.1) is 0 Å². The second-order valence-corrected chi connectivity index (χ2v) is 10.4. The molecule has 0 bridgehead atoms. The Labute approximate surface area is 201 Å². The number of amides is 1. The summed E-state index contributed by atoms with van der Waals surface area (Å²) in [6, 6.07) is 12.3.